The molecule has 1 aromatic carbocycles. The topological polar surface area (TPSA) is 92.5 Å². The molecular weight excluding hydrogens is 462 g/mol. The highest BCUT2D eigenvalue weighted by molar-refractivity contribution is 7.69. The molecule has 3 aromatic rings. The average Bonchev–Trinajstić information content (AvgIpc) is 3.65. The zero-order valence-corrected chi connectivity index (χ0v) is 21.7. The summed E-state index contributed by atoms with van der Waals surface area (Å²) in [6.07, 6.45) is 7.04. The number of fused-ring (bicyclic) bond motifs is 1. The Morgan fingerprint density at radius 3 is 2.49 bits per heavy atom. The summed E-state index contributed by atoms with van der Waals surface area (Å²) < 4.78 is 31.7. The van der Waals surface area contributed by atoms with E-state index in [1.54, 1.807) is 7.05 Å². The van der Waals surface area contributed by atoms with Gasteiger partial charge < -0.3 is 9.73 Å². The number of unbranched alkanes of at least 4 members (excludes halogenated alkanes) is 3. The molecule has 8 heteroatoms. The largest absolute Gasteiger partial charge is 0.437 e. The van der Waals surface area contributed by atoms with Crippen molar-refractivity contribution < 1.29 is 17.6 Å². The van der Waals surface area contributed by atoms with Crippen LogP contribution >= 0.6 is 0 Å². The molecule has 0 spiro atoms. The molecule has 1 N–H and O–H groups in total. The molecule has 188 valence electrons. The highest BCUT2D eigenvalue weighted by Crippen LogP contribution is 2.44. The van der Waals surface area contributed by atoms with Gasteiger partial charge in [-0.25, -0.2) is 13.4 Å². The number of hydrogen-bond donors (Lipinski definition) is 2. The number of carbonyl (C=O) groups is 1. The van der Waals surface area contributed by atoms with Gasteiger partial charge in [-0.05, 0) is 48.8 Å². The first-order valence-corrected chi connectivity index (χ1v) is 13.8. The second kappa shape index (κ2) is 11.4. The molecule has 0 radical (unpaired) electrons. The van der Waals surface area contributed by atoms with Crippen LogP contribution in [0.4, 0.5) is 0 Å². The van der Waals surface area contributed by atoms with Crippen LogP contribution in [0.5, 0.6) is 0 Å². The zero-order chi connectivity index (χ0) is 24.9. The van der Waals surface area contributed by atoms with E-state index in [9.17, 15) is 13.2 Å². The number of carbonyl (C=O) groups excluding carboxylic acids is 1. The maximum absolute atomic E-state index is 12.9. The lowest BCUT2D eigenvalue weighted by atomic mass is 10.0. The predicted molar refractivity (Wildman–Crippen MR) is 139 cm³/mol. The molecule has 1 aliphatic carbocycles. The summed E-state index contributed by atoms with van der Waals surface area (Å²) in [6, 6.07) is 10.00. The summed E-state index contributed by atoms with van der Waals surface area (Å²) in [7, 11) is -1.11. The first-order chi connectivity index (χ1) is 17.0. The maximum atomic E-state index is 12.9. The molecule has 2 heterocycles. The fourth-order valence-corrected chi connectivity index (χ4v) is 5.06. The number of furan rings is 1. The van der Waals surface area contributed by atoms with E-state index >= 15 is 0 Å². The molecule has 0 atom stereocenters. The number of aromatic nitrogens is 1. The standard InChI is InChI=1S/C27H35N3O4S/c1-4-6-7-8-15-30(35(32)33)17-23-21(19-13-14-19)16-22-24(26(31)28-3)25(34-27(22)29-23)20-11-9-18(5-2)10-12-20/h9-12,16,19,35H,4-8,13-15,17H2,1-3H3,(H,28,31). The monoisotopic (exact) mass is 497 g/mol. The van der Waals surface area contributed by atoms with Gasteiger partial charge in [-0.3, -0.25) is 4.79 Å². The van der Waals surface area contributed by atoms with Gasteiger partial charge in [-0.1, -0.05) is 57.4 Å². The van der Waals surface area contributed by atoms with Crippen LogP contribution in [-0.4, -0.2) is 37.2 Å². The van der Waals surface area contributed by atoms with E-state index in [1.807, 2.05) is 30.3 Å². The number of nitrogens with one attached hydrogen (secondary N) is 1. The highest BCUT2D eigenvalue weighted by atomic mass is 32.2. The van der Waals surface area contributed by atoms with Gasteiger partial charge in [-0.15, -0.1) is 0 Å². The molecule has 0 unspecified atom stereocenters. The van der Waals surface area contributed by atoms with Crippen molar-refractivity contribution in [2.45, 2.75) is 71.3 Å². The van der Waals surface area contributed by atoms with E-state index < -0.39 is 10.9 Å². The Balaban J connectivity index is 1.77. The molecule has 0 bridgehead atoms. The Morgan fingerprint density at radius 2 is 1.89 bits per heavy atom. The Bertz CT molecular complexity index is 1250. The van der Waals surface area contributed by atoms with Crippen LogP contribution < -0.4 is 5.32 Å². The normalized spacial score (nSPS) is 13.7. The third kappa shape index (κ3) is 5.76. The lowest BCUT2D eigenvalue weighted by molar-refractivity contribution is 0.0964. The summed E-state index contributed by atoms with van der Waals surface area (Å²) in [5.74, 6) is 0.600. The summed E-state index contributed by atoms with van der Waals surface area (Å²) in [5.41, 5.74) is 4.59. The van der Waals surface area contributed by atoms with Crippen molar-refractivity contribution in [2.75, 3.05) is 13.6 Å². The molecule has 35 heavy (non-hydrogen) atoms. The fraction of sp³-hybridized carbons (Fsp3) is 0.481. The first-order valence-electron chi connectivity index (χ1n) is 12.6. The molecule has 0 saturated heterocycles. The van der Waals surface area contributed by atoms with Crippen molar-refractivity contribution in [3.05, 3.63) is 52.7 Å². The van der Waals surface area contributed by atoms with Gasteiger partial charge in [0, 0.05) is 19.2 Å². The first kappa shape index (κ1) is 25.4. The number of nitrogens with zero attached hydrogens (tertiary/aromatic N) is 2. The third-order valence-electron chi connectivity index (χ3n) is 6.72. The van der Waals surface area contributed by atoms with Gasteiger partial charge in [0.15, 0.2) is 0 Å². The van der Waals surface area contributed by atoms with Crippen LogP contribution in [0.2, 0.25) is 0 Å². The zero-order valence-electron chi connectivity index (χ0n) is 20.8. The number of thiol groups is 1. The number of hydrogen-bond acceptors (Lipinski definition) is 5. The summed E-state index contributed by atoms with van der Waals surface area (Å²) in [6.45, 7) is 4.94. The molecule has 1 aliphatic rings. The summed E-state index contributed by atoms with van der Waals surface area (Å²) in [4.78, 5) is 17.7. The number of amides is 1. The van der Waals surface area contributed by atoms with Gasteiger partial charge in [0.25, 0.3) is 5.91 Å². The third-order valence-corrected chi connectivity index (χ3v) is 7.53. The molecule has 1 fully saturated rings. The number of rotatable bonds is 12. The minimum absolute atomic E-state index is 0.225. The Hall–Kier alpha value is -2.71. The maximum Gasteiger partial charge on any atom is 0.255 e. The lowest BCUT2D eigenvalue weighted by Gasteiger charge is -2.17. The van der Waals surface area contributed by atoms with E-state index in [0.717, 1.165) is 61.8 Å². The van der Waals surface area contributed by atoms with Crippen LogP contribution in [0.1, 0.15) is 85.5 Å². The summed E-state index contributed by atoms with van der Waals surface area (Å²) >= 11 is 0. The van der Waals surface area contributed by atoms with Crippen LogP contribution in [-0.2, 0) is 23.9 Å². The van der Waals surface area contributed by atoms with Gasteiger partial charge in [0.1, 0.15) is 5.76 Å². The van der Waals surface area contributed by atoms with E-state index in [0.29, 0.717) is 34.9 Å². The second-order valence-electron chi connectivity index (χ2n) is 9.27. The van der Waals surface area contributed by atoms with Crippen LogP contribution in [0.3, 0.4) is 0 Å². The molecule has 1 saturated carbocycles. The Kier molecular flexibility index (Phi) is 8.23. The number of benzene rings is 1. The Morgan fingerprint density at radius 1 is 1.14 bits per heavy atom. The average molecular weight is 498 g/mol. The van der Waals surface area contributed by atoms with E-state index in [4.69, 9.17) is 9.40 Å². The lowest BCUT2D eigenvalue weighted by Crippen LogP contribution is -2.24. The van der Waals surface area contributed by atoms with Crippen molar-refractivity contribution >= 4 is 27.9 Å². The molecule has 0 aliphatic heterocycles. The molecule has 1 amide bonds. The summed E-state index contributed by atoms with van der Waals surface area (Å²) in [5, 5.41) is 3.41. The van der Waals surface area contributed by atoms with Crippen molar-refractivity contribution in [1.29, 1.82) is 0 Å². The minimum atomic E-state index is -2.72. The fourth-order valence-electron chi connectivity index (χ4n) is 4.51. The van der Waals surface area contributed by atoms with Gasteiger partial charge in [-0.2, -0.15) is 4.31 Å². The van der Waals surface area contributed by atoms with Crippen molar-refractivity contribution in [1.82, 2.24) is 14.6 Å². The second-order valence-corrected chi connectivity index (χ2v) is 10.3. The quantitative estimate of drug-likeness (QED) is 0.265. The smallest absolute Gasteiger partial charge is 0.255 e. The van der Waals surface area contributed by atoms with E-state index in [1.165, 1.54) is 9.87 Å². The van der Waals surface area contributed by atoms with Gasteiger partial charge >= 0.3 is 0 Å². The number of aryl methyl sites for hydroxylation is 1. The van der Waals surface area contributed by atoms with E-state index in [2.05, 4.69) is 19.2 Å². The van der Waals surface area contributed by atoms with Crippen molar-refractivity contribution in [2.24, 2.45) is 0 Å². The van der Waals surface area contributed by atoms with Crippen LogP contribution in [0.25, 0.3) is 22.4 Å². The van der Waals surface area contributed by atoms with E-state index in [-0.39, 0.29) is 12.5 Å². The minimum Gasteiger partial charge on any atom is -0.437 e. The van der Waals surface area contributed by atoms with Gasteiger partial charge in [0.05, 0.1) is 23.2 Å². The van der Waals surface area contributed by atoms with Gasteiger partial charge in [0.2, 0.25) is 16.6 Å². The number of pyridine rings is 1. The van der Waals surface area contributed by atoms with Crippen molar-refractivity contribution in [3.8, 4) is 11.3 Å². The predicted octanol–water partition coefficient (Wildman–Crippen LogP) is 5.20. The molecule has 7 nitrogen and oxygen atoms in total. The van der Waals surface area contributed by atoms with Crippen molar-refractivity contribution in [3.63, 3.8) is 0 Å². The molecular formula is C27H35N3O4S. The molecule has 4 rings (SSSR count). The van der Waals surface area contributed by atoms with Crippen LogP contribution in [0.15, 0.2) is 34.7 Å². The van der Waals surface area contributed by atoms with Crippen LogP contribution in [0, 0.1) is 0 Å². The SMILES string of the molecule is CCCCCCN(Cc1nc2oc(-c3ccc(CC)cc3)c(C(=O)NC)c2cc1C1CC1)[SH](=O)=O. The Labute approximate surface area is 209 Å². The molecule has 2 aromatic heterocycles. The highest BCUT2D eigenvalue weighted by Gasteiger charge is 2.31.